The molecule has 7 aliphatic rings. The van der Waals surface area contributed by atoms with Gasteiger partial charge in [0.25, 0.3) is 0 Å². The third-order valence-corrected chi connectivity index (χ3v) is 19.6. The van der Waals surface area contributed by atoms with Crippen molar-refractivity contribution in [1.82, 2.24) is 19.9 Å². The van der Waals surface area contributed by atoms with Crippen molar-refractivity contribution in [2.75, 3.05) is 17.3 Å². The van der Waals surface area contributed by atoms with Crippen molar-refractivity contribution in [3.8, 4) is 57.6 Å². The maximum Gasteiger partial charge on any atom is 0.221 e. The van der Waals surface area contributed by atoms with Crippen LogP contribution < -0.4 is 28.1 Å². The average molecular weight is 1700 g/mol. The van der Waals surface area contributed by atoms with E-state index in [0.29, 0.717) is 57.8 Å². The quantitative estimate of drug-likeness (QED) is 0.0752. The van der Waals surface area contributed by atoms with Gasteiger partial charge in [0.05, 0.1) is 10.7 Å². The second-order valence-corrected chi connectivity index (χ2v) is 35.4. The fraction of sp³-hybridized carbons (Fsp3) is 0.209. The molecule has 6 aliphatic carbocycles. The van der Waals surface area contributed by atoms with Gasteiger partial charge in [-0.15, -0.1) is 46.4 Å². The molecule has 600 valence electrons. The fourth-order valence-corrected chi connectivity index (χ4v) is 14.9. The summed E-state index contributed by atoms with van der Waals surface area (Å²) in [6, 6.07) is 74.5. The number of benzene rings is 7. The second kappa shape index (κ2) is 30.7. The summed E-state index contributed by atoms with van der Waals surface area (Å²) in [5.74, 6) is 4.78. The molecular formula is C86H74Cl4F12N6O5P2. The van der Waals surface area contributed by atoms with Crippen LogP contribution in [-0.4, -0.2) is 42.3 Å². The summed E-state index contributed by atoms with van der Waals surface area (Å²) in [6.45, 7) is 15.6. The number of aromatic nitrogens is 6. The van der Waals surface area contributed by atoms with Gasteiger partial charge in [-0.1, -0.05) is 120 Å². The van der Waals surface area contributed by atoms with Crippen molar-refractivity contribution in [1.29, 1.82) is 0 Å². The Balaban J connectivity index is 0.000000188. The summed E-state index contributed by atoms with van der Waals surface area (Å²) < 4.78 is 149. The van der Waals surface area contributed by atoms with Gasteiger partial charge in [-0.3, -0.25) is 0 Å². The predicted molar refractivity (Wildman–Crippen MR) is 429 cm³/mol. The summed E-state index contributed by atoms with van der Waals surface area (Å²) in [7, 11) is -21.3. The number of fused-ring (bicyclic) bond motifs is 8. The third-order valence-electron chi connectivity index (χ3n) is 19.6. The third kappa shape index (κ3) is 20.9. The van der Waals surface area contributed by atoms with E-state index in [1.165, 1.54) is 94.6 Å². The summed E-state index contributed by atoms with van der Waals surface area (Å²) in [5, 5.41) is 11.2. The Hall–Kier alpha value is -9.70. The monoisotopic (exact) mass is 1700 g/mol. The second-order valence-electron chi connectivity index (χ2n) is 30.0. The van der Waals surface area contributed by atoms with E-state index >= 15 is 0 Å². The van der Waals surface area contributed by atoms with Gasteiger partial charge in [0.15, 0.2) is 49.2 Å². The molecule has 7 aromatic carbocycles. The SMILES string of the molecule is CC(C)(C)c1cc(C[n+]2ccc(-c3cc[n+](CCCO)cc3)cc2)cc(C(C)(C)C)c1.ClCCl.ClCCl.F[P-](F)(F)(F)(F)F.F[P-](F)(F)(F)(F)F.c1ccc2c(c1)C1c3ccc4cc3C2c2cc(ccc21)Oc1ccc2ccc(nc2n1)Oc1ccc2c(c1)C1c3ccccc3C2c2ccc(cc21)Oc1ccc2ccc(nc2n1)O4. The van der Waals surface area contributed by atoms with Gasteiger partial charge in [-0.2, -0.15) is 19.9 Å². The van der Waals surface area contributed by atoms with E-state index in [0.717, 1.165) is 30.3 Å². The Morgan fingerprint density at radius 2 is 0.609 bits per heavy atom. The number of hydrogen-bond acceptors (Lipinski definition) is 9. The van der Waals surface area contributed by atoms with Crippen LogP contribution >= 0.6 is 62.0 Å². The number of halogens is 16. The van der Waals surface area contributed by atoms with Crippen LogP contribution in [0.25, 0.3) is 33.2 Å². The molecule has 7 heterocycles. The molecule has 13 aromatic rings. The molecule has 1 N–H and O–H groups in total. The van der Waals surface area contributed by atoms with Gasteiger partial charge in [-0.25, -0.2) is 9.13 Å². The molecule has 18 bridgehead atoms. The van der Waals surface area contributed by atoms with E-state index in [4.69, 9.17) is 90.4 Å². The molecule has 115 heavy (non-hydrogen) atoms. The van der Waals surface area contributed by atoms with Crippen LogP contribution in [-0.2, 0) is 23.9 Å². The minimum Gasteiger partial charge on any atom is -0.439 e. The minimum absolute atomic E-state index is 0.0172. The van der Waals surface area contributed by atoms with Crippen molar-refractivity contribution in [3.63, 3.8) is 0 Å². The van der Waals surface area contributed by atoms with E-state index in [-0.39, 0.29) is 51.8 Å². The first-order valence-corrected chi connectivity index (χ1v) is 42.2. The van der Waals surface area contributed by atoms with Crippen molar-refractivity contribution >= 4 is 84.1 Å². The normalized spacial score (nSPS) is 16.7. The zero-order chi connectivity index (χ0) is 82.5. The first-order valence-electron chi connectivity index (χ1n) is 36.0. The van der Waals surface area contributed by atoms with Crippen LogP contribution in [0.15, 0.2) is 237 Å². The largest absolute Gasteiger partial charge is 0.439 e. The standard InChI is InChI=1S/C56H32N4O4.C28H38N2O.2CH2Cl2.2F6P/c1-3-7-37-35(5-1)51-39-17-13-31-25-43(39)53(37)44-26-32(14-18-40(44)51)62-48-22-10-30-12-24-50(60-56(30)58-48)64-34-16-20-42-46(28-34)54-38-8-4-2-6-36(38)52(42)41-19-15-33(27-45(41)54)63-49-23-11-29-9-21-47(61-31)57-55(29)59-49;1-27(2,3)25-18-22(19-26(20-25)28(4,5)6)21-30-15-10-24(11-16-30)23-8-13-29(14-9-23)12-7-17-31;2*2-1-3;2*1-7(2,3,4,5)6/h1-28,51-54H;8-11,13-16,18-20,31H,7,12,17,21H2,1-6H3;2*1H2;;/q;+2;;;2*-1. The molecule has 0 spiro atoms. The van der Waals surface area contributed by atoms with Crippen LogP contribution in [0.5, 0.6) is 46.5 Å². The number of aryl methyl sites for hydroxylation is 1. The number of alkyl halides is 4. The van der Waals surface area contributed by atoms with Gasteiger partial charge < -0.3 is 24.1 Å². The summed E-state index contributed by atoms with van der Waals surface area (Å²) in [5.41, 5.74) is 23.1. The van der Waals surface area contributed by atoms with Crippen LogP contribution in [0.1, 0.15) is 155 Å². The molecule has 20 rings (SSSR count). The number of aliphatic hydroxyl groups is 1. The molecule has 1 aliphatic heterocycles. The number of aliphatic hydroxyl groups excluding tert-OH is 1. The fourth-order valence-electron chi connectivity index (χ4n) is 14.9. The molecule has 29 heteroatoms. The number of pyridine rings is 6. The number of hydrogen-bond donors (Lipinski definition) is 1. The van der Waals surface area contributed by atoms with Crippen molar-refractivity contribution in [2.24, 2.45) is 0 Å². The first kappa shape index (κ1) is 83.3. The molecule has 0 unspecified atom stereocenters. The van der Waals surface area contributed by atoms with Crippen molar-refractivity contribution in [3.05, 3.63) is 321 Å². The maximum absolute atomic E-state index is 10.7. The summed E-state index contributed by atoms with van der Waals surface area (Å²) >= 11 is 19.1. The van der Waals surface area contributed by atoms with Crippen LogP contribution in [0, 0.1) is 0 Å². The Kier molecular flexibility index (Phi) is 22.2. The summed E-state index contributed by atoms with van der Waals surface area (Å²) in [4.78, 5) is 19.6. The number of nitrogens with zero attached hydrogens (tertiary/aromatic N) is 6. The van der Waals surface area contributed by atoms with Gasteiger partial charge in [0.1, 0.15) is 23.0 Å². The predicted octanol–water partition coefficient (Wildman–Crippen LogP) is 27.6. The Morgan fingerprint density at radius 1 is 0.348 bits per heavy atom. The van der Waals surface area contributed by atoms with Gasteiger partial charge >= 0.3 is 66.0 Å². The van der Waals surface area contributed by atoms with Crippen molar-refractivity contribution < 1.29 is 83.6 Å². The maximum atomic E-state index is 9.87. The number of ether oxygens (including phenoxy) is 4. The average Bonchev–Trinajstić information content (AvgIpc) is 0.703. The van der Waals surface area contributed by atoms with Crippen LogP contribution in [0.3, 0.4) is 0 Å². The Labute approximate surface area is 674 Å². The van der Waals surface area contributed by atoms with Gasteiger partial charge in [0, 0.05) is 102 Å². The van der Waals surface area contributed by atoms with Crippen molar-refractivity contribution in [2.45, 2.75) is 95.6 Å². The molecule has 0 amide bonds. The zero-order valence-corrected chi connectivity index (χ0v) is 67.1. The minimum atomic E-state index is -10.7. The van der Waals surface area contributed by atoms with E-state index in [1.54, 1.807) is 0 Å². The Morgan fingerprint density at radius 3 is 0.878 bits per heavy atom. The van der Waals surface area contributed by atoms with E-state index in [2.05, 4.69) is 215 Å². The molecule has 6 aromatic heterocycles. The topological polar surface area (TPSA) is 116 Å². The smallest absolute Gasteiger partial charge is 0.221 e. The van der Waals surface area contributed by atoms with Gasteiger partial charge in [-0.05, 0) is 185 Å². The molecule has 11 nitrogen and oxygen atoms in total. The summed E-state index contributed by atoms with van der Waals surface area (Å²) in [6.07, 6.45) is 9.28. The van der Waals surface area contributed by atoms with E-state index < -0.39 is 15.6 Å². The Bertz CT molecular complexity index is 5340. The van der Waals surface area contributed by atoms with E-state index in [9.17, 15) is 50.4 Å². The molecule has 0 radical (unpaired) electrons. The molecule has 0 fully saturated rings. The van der Waals surface area contributed by atoms with Crippen LogP contribution in [0.2, 0.25) is 0 Å². The zero-order valence-electron chi connectivity index (χ0n) is 62.3. The molecule has 0 saturated carbocycles. The molecular weight excluding hydrogens is 1630 g/mol. The van der Waals surface area contributed by atoms with Gasteiger partial charge in [0.2, 0.25) is 23.5 Å². The van der Waals surface area contributed by atoms with Crippen LogP contribution in [0.4, 0.5) is 50.4 Å². The van der Waals surface area contributed by atoms with E-state index in [1.807, 2.05) is 72.8 Å². The number of rotatable bonds is 6. The first-order chi connectivity index (χ1) is 53.9. The molecule has 0 saturated heterocycles. The molecule has 0 atom stereocenters.